The molecule has 0 bridgehead atoms. The van der Waals surface area contributed by atoms with Crippen LogP contribution in [0.1, 0.15) is 37.8 Å². The molecule has 1 atom stereocenters. The Morgan fingerprint density at radius 2 is 1.57 bits per heavy atom. The van der Waals surface area contributed by atoms with Crippen molar-refractivity contribution in [1.29, 1.82) is 0 Å². The van der Waals surface area contributed by atoms with Gasteiger partial charge in [0, 0.05) is 25.9 Å². The highest BCUT2D eigenvalue weighted by molar-refractivity contribution is 6.42. The molecule has 3 rings (SSSR count). The molecule has 2 amide bonds. The van der Waals surface area contributed by atoms with Crippen LogP contribution >= 0.6 is 23.2 Å². The Labute approximate surface area is 229 Å². The van der Waals surface area contributed by atoms with Crippen molar-refractivity contribution >= 4 is 35.0 Å². The average Bonchev–Trinajstić information content (AvgIpc) is 2.90. The Balaban J connectivity index is 1.81. The van der Waals surface area contributed by atoms with E-state index in [0.717, 1.165) is 16.9 Å². The number of hydrogen-bond donors (Lipinski definition) is 1. The first kappa shape index (κ1) is 28.5. The van der Waals surface area contributed by atoms with Gasteiger partial charge in [-0.25, -0.2) is 0 Å². The number of ether oxygens (including phenoxy) is 1. The second kappa shape index (κ2) is 14.7. The fourth-order valence-electron chi connectivity index (χ4n) is 3.88. The van der Waals surface area contributed by atoms with Gasteiger partial charge in [0.2, 0.25) is 11.8 Å². The molecule has 7 heteroatoms. The summed E-state index contributed by atoms with van der Waals surface area (Å²) >= 11 is 12.4. The number of para-hydroxylation sites is 1. The van der Waals surface area contributed by atoms with Crippen LogP contribution in [0.3, 0.4) is 0 Å². The van der Waals surface area contributed by atoms with Crippen molar-refractivity contribution in [2.75, 3.05) is 13.2 Å². The number of carbonyl (C=O) groups is 2. The molecular formula is C30H34Cl2N2O3. The minimum absolute atomic E-state index is 0.122. The third kappa shape index (κ3) is 9.42. The second-order valence-electron chi connectivity index (χ2n) is 9.38. The van der Waals surface area contributed by atoms with Gasteiger partial charge in [-0.2, -0.15) is 0 Å². The first-order chi connectivity index (χ1) is 17.8. The van der Waals surface area contributed by atoms with Gasteiger partial charge in [-0.1, -0.05) is 91.6 Å². The van der Waals surface area contributed by atoms with Crippen molar-refractivity contribution < 1.29 is 14.3 Å². The van der Waals surface area contributed by atoms with Crippen LogP contribution in [0.2, 0.25) is 10.0 Å². The van der Waals surface area contributed by atoms with E-state index in [1.54, 1.807) is 17.0 Å². The van der Waals surface area contributed by atoms with Crippen molar-refractivity contribution in [1.82, 2.24) is 10.2 Å². The van der Waals surface area contributed by atoms with Crippen molar-refractivity contribution in [3.05, 3.63) is 100 Å². The molecule has 0 unspecified atom stereocenters. The largest absolute Gasteiger partial charge is 0.494 e. The highest BCUT2D eigenvalue weighted by Gasteiger charge is 2.30. The number of benzene rings is 3. The number of amides is 2. The van der Waals surface area contributed by atoms with E-state index in [2.05, 4.69) is 5.32 Å². The van der Waals surface area contributed by atoms with Crippen LogP contribution in [0.15, 0.2) is 78.9 Å². The van der Waals surface area contributed by atoms with E-state index in [1.165, 1.54) is 0 Å². The van der Waals surface area contributed by atoms with Crippen molar-refractivity contribution in [2.45, 2.75) is 45.7 Å². The second-order valence-corrected chi connectivity index (χ2v) is 10.2. The summed E-state index contributed by atoms with van der Waals surface area (Å²) in [4.78, 5) is 28.7. The van der Waals surface area contributed by atoms with Crippen LogP contribution in [-0.2, 0) is 22.6 Å². The van der Waals surface area contributed by atoms with Gasteiger partial charge in [0.1, 0.15) is 11.8 Å². The Morgan fingerprint density at radius 3 is 2.22 bits per heavy atom. The summed E-state index contributed by atoms with van der Waals surface area (Å²) in [6.45, 7) is 5.25. The summed E-state index contributed by atoms with van der Waals surface area (Å²) in [6, 6.07) is 23.8. The average molecular weight is 542 g/mol. The molecule has 3 aromatic carbocycles. The molecule has 0 saturated heterocycles. The molecule has 0 aliphatic heterocycles. The van der Waals surface area contributed by atoms with Crippen LogP contribution in [0, 0.1) is 5.92 Å². The molecule has 3 aromatic rings. The van der Waals surface area contributed by atoms with E-state index in [4.69, 9.17) is 27.9 Å². The number of nitrogens with one attached hydrogen (secondary N) is 1. The molecule has 37 heavy (non-hydrogen) atoms. The molecule has 0 aromatic heterocycles. The lowest BCUT2D eigenvalue weighted by atomic mass is 10.0. The standard InChI is InChI=1S/C30H34Cl2N2O3/c1-22(2)20-33-30(36)28(19-23-10-5-3-6-11-23)34(21-24-15-16-26(31)27(32)18-24)29(35)14-9-17-37-25-12-7-4-8-13-25/h3-8,10-13,15-16,18,22,28H,9,14,17,19-21H2,1-2H3,(H,33,36)/t28-/m1/s1. The van der Waals surface area contributed by atoms with Gasteiger partial charge in [0.25, 0.3) is 0 Å². The van der Waals surface area contributed by atoms with Gasteiger partial charge >= 0.3 is 0 Å². The topological polar surface area (TPSA) is 58.6 Å². The van der Waals surface area contributed by atoms with Crippen molar-refractivity contribution in [3.8, 4) is 5.75 Å². The summed E-state index contributed by atoms with van der Waals surface area (Å²) in [5.41, 5.74) is 1.78. The third-order valence-electron chi connectivity index (χ3n) is 5.84. The minimum atomic E-state index is -0.682. The molecule has 196 valence electrons. The predicted molar refractivity (Wildman–Crippen MR) is 150 cm³/mol. The van der Waals surface area contributed by atoms with E-state index < -0.39 is 6.04 Å². The Hall–Kier alpha value is -3.02. The smallest absolute Gasteiger partial charge is 0.243 e. The van der Waals surface area contributed by atoms with E-state index in [-0.39, 0.29) is 30.7 Å². The molecule has 0 radical (unpaired) electrons. The van der Waals surface area contributed by atoms with E-state index in [9.17, 15) is 9.59 Å². The zero-order valence-electron chi connectivity index (χ0n) is 21.3. The molecule has 0 aliphatic carbocycles. The molecule has 5 nitrogen and oxygen atoms in total. The molecule has 0 heterocycles. The summed E-state index contributed by atoms with van der Waals surface area (Å²) in [5, 5.41) is 3.88. The fourth-order valence-corrected chi connectivity index (χ4v) is 4.21. The van der Waals surface area contributed by atoms with E-state index in [0.29, 0.717) is 36.0 Å². The van der Waals surface area contributed by atoms with Gasteiger partial charge in [-0.05, 0) is 47.7 Å². The molecule has 0 fully saturated rings. The number of rotatable bonds is 13. The summed E-state index contributed by atoms with van der Waals surface area (Å²) in [7, 11) is 0. The predicted octanol–water partition coefficient (Wildman–Crippen LogP) is 6.56. The molecule has 0 aliphatic rings. The van der Waals surface area contributed by atoms with Gasteiger partial charge in [-0.3, -0.25) is 9.59 Å². The third-order valence-corrected chi connectivity index (χ3v) is 6.58. The summed E-state index contributed by atoms with van der Waals surface area (Å²) in [5.74, 6) is 0.753. The summed E-state index contributed by atoms with van der Waals surface area (Å²) in [6.07, 6.45) is 1.17. The zero-order chi connectivity index (χ0) is 26.6. The normalized spacial score (nSPS) is 11.7. The number of halogens is 2. The van der Waals surface area contributed by atoms with E-state index in [1.807, 2.05) is 80.6 Å². The monoisotopic (exact) mass is 540 g/mol. The van der Waals surface area contributed by atoms with Crippen LogP contribution in [0.4, 0.5) is 0 Å². The maximum atomic E-state index is 13.6. The lowest BCUT2D eigenvalue weighted by Crippen LogP contribution is -2.51. The maximum Gasteiger partial charge on any atom is 0.243 e. The van der Waals surface area contributed by atoms with Gasteiger partial charge in [-0.15, -0.1) is 0 Å². The zero-order valence-corrected chi connectivity index (χ0v) is 22.8. The molecule has 0 spiro atoms. The Morgan fingerprint density at radius 1 is 0.892 bits per heavy atom. The van der Waals surface area contributed by atoms with Gasteiger partial charge < -0.3 is 15.0 Å². The minimum Gasteiger partial charge on any atom is -0.494 e. The van der Waals surface area contributed by atoms with Gasteiger partial charge in [0.05, 0.1) is 16.7 Å². The lowest BCUT2D eigenvalue weighted by molar-refractivity contribution is -0.141. The Kier molecular flexibility index (Phi) is 11.3. The molecular weight excluding hydrogens is 507 g/mol. The molecule has 0 saturated carbocycles. The number of hydrogen-bond acceptors (Lipinski definition) is 3. The number of carbonyl (C=O) groups excluding carboxylic acids is 2. The van der Waals surface area contributed by atoms with Crippen LogP contribution in [0.5, 0.6) is 5.75 Å². The van der Waals surface area contributed by atoms with Crippen LogP contribution in [-0.4, -0.2) is 35.9 Å². The van der Waals surface area contributed by atoms with E-state index >= 15 is 0 Å². The highest BCUT2D eigenvalue weighted by Crippen LogP contribution is 2.24. The molecule has 1 N–H and O–H groups in total. The fraction of sp³-hybridized carbons (Fsp3) is 0.333. The number of nitrogens with zero attached hydrogens (tertiary/aromatic N) is 1. The quantitative estimate of drug-likeness (QED) is 0.249. The summed E-state index contributed by atoms with van der Waals surface area (Å²) < 4.78 is 5.77. The van der Waals surface area contributed by atoms with Crippen LogP contribution in [0.25, 0.3) is 0 Å². The lowest BCUT2D eigenvalue weighted by Gasteiger charge is -2.32. The van der Waals surface area contributed by atoms with Crippen molar-refractivity contribution in [3.63, 3.8) is 0 Å². The SMILES string of the molecule is CC(C)CNC(=O)[C@@H](Cc1ccccc1)N(Cc1ccc(Cl)c(Cl)c1)C(=O)CCCOc1ccccc1. The maximum absolute atomic E-state index is 13.6. The van der Waals surface area contributed by atoms with Crippen LogP contribution < -0.4 is 10.1 Å². The first-order valence-electron chi connectivity index (χ1n) is 12.6. The van der Waals surface area contributed by atoms with Gasteiger partial charge in [0.15, 0.2) is 0 Å². The Bertz CT molecular complexity index is 1140. The van der Waals surface area contributed by atoms with Crippen molar-refractivity contribution in [2.24, 2.45) is 5.92 Å². The highest BCUT2D eigenvalue weighted by atomic mass is 35.5. The first-order valence-corrected chi connectivity index (χ1v) is 13.3.